The molecule has 1 aliphatic heterocycles. The van der Waals surface area contributed by atoms with E-state index in [4.69, 9.17) is 9.47 Å². The summed E-state index contributed by atoms with van der Waals surface area (Å²) in [5.41, 5.74) is 0.457. The number of nitrogens with zero attached hydrogens (tertiary/aromatic N) is 2. The third-order valence-corrected chi connectivity index (χ3v) is 5.07. The van der Waals surface area contributed by atoms with Crippen molar-refractivity contribution in [1.29, 1.82) is 0 Å². The molecule has 1 atom stereocenters. The van der Waals surface area contributed by atoms with Crippen LogP contribution in [0.3, 0.4) is 0 Å². The molecule has 0 amide bonds. The number of methoxy groups -OCH3 is 1. The van der Waals surface area contributed by atoms with E-state index in [1.807, 2.05) is 7.05 Å². The minimum absolute atomic E-state index is 0.457. The van der Waals surface area contributed by atoms with E-state index in [9.17, 15) is 0 Å². The van der Waals surface area contributed by atoms with Gasteiger partial charge in [-0.25, -0.2) is 0 Å². The zero-order valence-corrected chi connectivity index (χ0v) is 14.6. The fourth-order valence-corrected chi connectivity index (χ4v) is 3.58. The van der Waals surface area contributed by atoms with Gasteiger partial charge in [-0.15, -0.1) is 0 Å². The first-order valence-electron chi connectivity index (χ1n) is 8.69. The van der Waals surface area contributed by atoms with E-state index in [2.05, 4.69) is 22.1 Å². The molecule has 1 N–H and O–H groups in total. The van der Waals surface area contributed by atoms with Gasteiger partial charge in [0, 0.05) is 39.7 Å². The summed E-state index contributed by atoms with van der Waals surface area (Å²) in [6, 6.07) is 0. The predicted molar refractivity (Wildman–Crippen MR) is 90.3 cm³/mol. The Balaban J connectivity index is 1.70. The van der Waals surface area contributed by atoms with Gasteiger partial charge in [-0.3, -0.25) is 4.99 Å². The predicted octanol–water partition coefficient (Wildman–Crippen LogP) is 2.13. The van der Waals surface area contributed by atoms with Gasteiger partial charge in [0.15, 0.2) is 5.96 Å². The van der Waals surface area contributed by atoms with E-state index in [-0.39, 0.29) is 0 Å². The quantitative estimate of drug-likeness (QED) is 0.444. The number of aliphatic imine (C=N–C) groups is 1. The summed E-state index contributed by atoms with van der Waals surface area (Å²) >= 11 is 0. The first-order chi connectivity index (χ1) is 10.7. The standard InChI is InChI=1S/C17H33N3O2/c1-17(7-4-5-8-17)14-19-16(18-2)20-9-6-15(12-20)13-22-11-10-21-3/h15H,4-14H2,1-3H3,(H,18,19). The van der Waals surface area contributed by atoms with Gasteiger partial charge in [0.1, 0.15) is 0 Å². The number of guanidine groups is 1. The summed E-state index contributed by atoms with van der Waals surface area (Å²) in [5.74, 6) is 1.67. The molecule has 0 radical (unpaired) electrons. The first-order valence-corrected chi connectivity index (χ1v) is 8.69. The lowest BCUT2D eigenvalue weighted by Crippen LogP contribution is -2.44. The molecule has 0 aromatic carbocycles. The van der Waals surface area contributed by atoms with Gasteiger partial charge in [-0.1, -0.05) is 19.8 Å². The summed E-state index contributed by atoms with van der Waals surface area (Å²) in [4.78, 5) is 6.85. The van der Waals surface area contributed by atoms with Gasteiger partial charge in [0.2, 0.25) is 0 Å². The lowest BCUT2D eigenvalue weighted by molar-refractivity contribution is 0.0536. The SMILES string of the molecule is CN=C(NCC1(C)CCCC1)N1CCC(COCCOC)C1. The number of rotatable bonds is 7. The molecule has 22 heavy (non-hydrogen) atoms. The van der Waals surface area contributed by atoms with Crippen LogP contribution < -0.4 is 5.32 Å². The Morgan fingerprint density at radius 1 is 1.32 bits per heavy atom. The van der Waals surface area contributed by atoms with Crippen molar-refractivity contribution in [3.63, 3.8) is 0 Å². The summed E-state index contributed by atoms with van der Waals surface area (Å²) in [6.45, 7) is 7.77. The van der Waals surface area contributed by atoms with Crippen LogP contribution in [0.4, 0.5) is 0 Å². The molecule has 2 rings (SSSR count). The fraction of sp³-hybridized carbons (Fsp3) is 0.941. The van der Waals surface area contributed by atoms with Crippen LogP contribution in [-0.4, -0.2) is 64.5 Å². The van der Waals surface area contributed by atoms with E-state index in [1.165, 1.54) is 32.1 Å². The van der Waals surface area contributed by atoms with Crippen molar-refractivity contribution in [3.05, 3.63) is 0 Å². The highest BCUT2D eigenvalue weighted by Crippen LogP contribution is 2.36. The molecule has 1 aliphatic carbocycles. The van der Waals surface area contributed by atoms with Crippen molar-refractivity contribution in [1.82, 2.24) is 10.2 Å². The second-order valence-corrected chi connectivity index (χ2v) is 7.09. The van der Waals surface area contributed by atoms with Crippen molar-refractivity contribution < 1.29 is 9.47 Å². The highest BCUT2D eigenvalue weighted by Gasteiger charge is 2.30. The van der Waals surface area contributed by atoms with Crippen LogP contribution in [-0.2, 0) is 9.47 Å². The Hall–Kier alpha value is -0.810. The minimum atomic E-state index is 0.457. The van der Waals surface area contributed by atoms with Crippen molar-refractivity contribution in [2.24, 2.45) is 16.3 Å². The normalized spacial score (nSPS) is 25.0. The van der Waals surface area contributed by atoms with Crippen molar-refractivity contribution in [2.45, 2.75) is 39.0 Å². The summed E-state index contributed by atoms with van der Waals surface area (Å²) < 4.78 is 10.7. The van der Waals surface area contributed by atoms with Crippen LogP contribution >= 0.6 is 0 Å². The molecule has 1 unspecified atom stereocenters. The number of hydrogen-bond acceptors (Lipinski definition) is 3. The molecule has 0 aromatic rings. The molecule has 1 heterocycles. The Kier molecular flexibility index (Phi) is 6.96. The molecule has 5 nitrogen and oxygen atoms in total. The summed E-state index contributed by atoms with van der Waals surface area (Å²) in [7, 11) is 3.60. The maximum Gasteiger partial charge on any atom is 0.193 e. The van der Waals surface area contributed by atoms with E-state index in [1.54, 1.807) is 7.11 Å². The third kappa shape index (κ3) is 5.13. The largest absolute Gasteiger partial charge is 0.382 e. The number of ether oxygens (including phenoxy) is 2. The van der Waals surface area contributed by atoms with Crippen LogP contribution in [0.5, 0.6) is 0 Å². The number of hydrogen-bond donors (Lipinski definition) is 1. The Bertz CT molecular complexity index is 354. The average molecular weight is 311 g/mol. The zero-order chi connectivity index (χ0) is 15.8. The Morgan fingerprint density at radius 3 is 2.77 bits per heavy atom. The maximum atomic E-state index is 5.67. The topological polar surface area (TPSA) is 46.1 Å². The summed E-state index contributed by atoms with van der Waals surface area (Å²) in [6.07, 6.45) is 6.62. The van der Waals surface area contributed by atoms with Crippen LogP contribution in [0, 0.1) is 11.3 Å². The van der Waals surface area contributed by atoms with Gasteiger partial charge >= 0.3 is 0 Å². The molecule has 1 saturated carbocycles. The van der Waals surface area contributed by atoms with Gasteiger partial charge < -0.3 is 19.7 Å². The lowest BCUT2D eigenvalue weighted by Gasteiger charge is -2.28. The van der Waals surface area contributed by atoms with Crippen LogP contribution in [0.2, 0.25) is 0 Å². The molecule has 128 valence electrons. The van der Waals surface area contributed by atoms with Crippen LogP contribution in [0.15, 0.2) is 4.99 Å². The maximum absolute atomic E-state index is 5.67. The van der Waals surface area contributed by atoms with Crippen LogP contribution in [0.25, 0.3) is 0 Å². The van der Waals surface area contributed by atoms with Crippen molar-refractivity contribution in [2.75, 3.05) is 53.6 Å². The Morgan fingerprint density at radius 2 is 2.09 bits per heavy atom. The highest BCUT2D eigenvalue weighted by atomic mass is 16.5. The third-order valence-electron chi connectivity index (χ3n) is 5.07. The smallest absolute Gasteiger partial charge is 0.193 e. The minimum Gasteiger partial charge on any atom is -0.382 e. The molecular weight excluding hydrogens is 278 g/mol. The van der Waals surface area contributed by atoms with Gasteiger partial charge in [-0.2, -0.15) is 0 Å². The lowest BCUT2D eigenvalue weighted by atomic mass is 9.89. The van der Waals surface area contributed by atoms with Crippen molar-refractivity contribution in [3.8, 4) is 0 Å². The molecule has 1 saturated heterocycles. The van der Waals surface area contributed by atoms with E-state index >= 15 is 0 Å². The molecule has 0 aromatic heterocycles. The first kappa shape index (κ1) is 17.5. The number of nitrogens with one attached hydrogen (secondary N) is 1. The fourth-order valence-electron chi connectivity index (χ4n) is 3.58. The molecular formula is C17H33N3O2. The number of likely N-dealkylation sites (tertiary alicyclic amines) is 1. The Labute approximate surface area is 135 Å². The van der Waals surface area contributed by atoms with Gasteiger partial charge in [0.25, 0.3) is 0 Å². The molecule has 2 aliphatic rings. The van der Waals surface area contributed by atoms with E-state index in [0.29, 0.717) is 24.5 Å². The van der Waals surface area contributed by atoms with Gasteiger partial charge in [0.05, 0.1) is 19.8 Å². The molecule has 2 fully saturated rings. The molecule has 0 spiro atoms. The van der Waals surface area contributed by atoms with E-state index < -0.39 is 0 Å². The highest BCUT2D eigenvalue weighted by molar-refractivity contribution is 5.80. The molecule has 0 bridgehead atoms. The van der Waals surface area contributed by atoms with Crippen molar-refractivity contribution >= 4 is 5.96 Å². The average Bonchev–Trinajstić information content (AvgIpc) is 3.15. The monoisotopic (exact) mass is 311 g/mol. The second kappa shape index (κ2) is 8.73. The zero-order valence-electron chi connectivity index (χ0n) is 14.6. The second-order valence-electron chi connectivity index (χ2n) is 7.09. The van der Waals surface area contributed by atoms with Gasteiger partial charge in [-0.05, 0) is 24.7 Å². The summed E-state index contributed by atoms with van der Waals surface area (Å²) in [5, 5.41) is 3.61. The van der Waals surface area contributed by atoms with Crippen LogP contribution in [0.1, 0.15) is 39.0 Å². The molecule has 5 heteroatoms. The van der Waals surface area contributed by atoms with E-state index in [0.717, 1.165) is 32.2 Å².